The number of nitrogens with zero attached hydrogens (tertiary/aromatic N) is 2. The lowest BCUT2D eigenvalue weighted by Gasteiger charge is -2.33. The highest BCUT2D eigenvalue weighted by atomic mass is 35.5. The summed E-state index contributed by atoms with van der Waals surface area (Å²) in [4.78, 5) is 18.5. The van der Waals surface area contributed by atoms with Crippen molar-refractivity contribution in [1.29, 1.82) is 0 Å². The number of halogens is 2. The molecule has 6 nitrogen and oxygen atoms in total. The van der Waals surface area contributed by atoms with Gasteiger partial charge in [-0.05, 0) is 81.3 Å². The number of anilines is 1. The second-order valence-corrected chi connectivity index (χ2v) is 12.2. The first kappa shape index (κ1) is 28.8. The number of hydrogen-bond donors (Lipinski definition) is 3. The molecule has 0 saturated heterocycles. The lowest BCUT2D eigenvalue weighted by Crippen LogP contribution is -2.48. The van der Waals surface area contributed by atoms with Crippen molar-refractivity contribution in [2.75, 3.05) is 18.9 Å². The molecule has 3 N–H and O–H groups in total. The van der Waals surface area contributed by atoms with Crippen LogP contribution in [0.1, 0.15) is 51.0 Å². The number of carbonyl (C=O) groups is 1. The number of allylic oxidation sites excluding steroid dienone is 3. The molecule has 2 aromatic rings. The van der Waals surface area contributed by atoms with E-state index in [-0.39, 0.29) is 35.5 Å². The van der Waals surface area contributed by atoms with Gasteiger partial charge < -0.3 is 20.5 Å². The van der Waals surface area contributed by atoms with Gasteiger partial charge in [0, 0.05) is 53.1 Å². The minimum absolute atomic E-state index is 0.101. The average molecular weight is 566 g/mol. The number of likely N-dealkylation sites (N-methyl/N-ethyl adjacent to an activating group) is 1. The Morgan fingerprint density at radius 3 is 2.88 bits per heavy atom. The fraction of sp³-hybridized carbons (Fsp3) is 0.500. The van der Waals surface area contributed by atoms with Gasteiger partial charge in [-0.3, -0.25) is 4.79 Å². The van der Waals surface area contributed by atoms with Gasteiger partial charge in [0.05, 0.1) is 6.04 Å². The summed E-state index contributed by atoms with van der Waals surface area (Å²) in [5.74, 6) is 1.04. The van der Waals surface area contributed by atoms with Crippen molar-refractivity contribution >= 4 is 29.4 Å². The average Bonchev–Trinajstić information content (AvgIpc) is 3.68. The summed E-state index contributed by atoms with van der Waals surface area (Å²) in [6.45, 7) is 4.86. The molecule has 214 valence electrons. The summed E-state index contributed by atoms with van der Waals surface area (Å²) >= 11 is 6.19. The quantitative estimate of drug-likeness (QED) is 0.288. The standard InChI is InChI=1S/C32H41ClFN5O/c1-20(14-26-19-36-29-17-24(35-3)12-13-39(26)29)15-28(27-9-4-6-21(2)30(27)34)31(37-18-22-10-11-22)32(40)38-25-8-5-7-23(33)16-25/h4-5,7-9,12-13,16,19-22,24,28,31,35,37H,6,10-11,14-15,17-18H2,1-3H3,(H,38,40)/t20-,21?,24?,28?,31?/m0/s1. The highest BCUT2D eigenvalue weighted by Crippen LogP contribution is 2.37. The maximum Gasteiger partial charge on any atom is 0.242 e. The van der Waals surface area contributed by atoms with Gasteiger partial charge in [0.2, 0.25) is 5.91 Å². The third-order valence-corrected chi connectivity index (χ3v) is 8.64. The number of hydrogen-bond acceptors (Lipinski definition) is 4. The van der Waals surface area contributed by atoms with Crippen molar-refractivity contribution in [2.45, 2.75) is 64.5 Å². The molecule has 1 saturated carbocycles. The van der Waals surface area contributed by atoms with Gasteiger partial charge >= 0.3 is 0 Å². The molecular weight excluding hydrogens is 525 g/mol. The molecule has 5 rings (SSSR count). The monoisotopic (exact) mass is 565 g/mol. The van der Waals surface area contributed by atoms with Crippen molar-refractivity contribution in [1.82, 2.24) is 20.2 Å². The van der Waals surface area contributed by atoms with Crippen molar-refractivity contribution in [3.8, 4) is 0 Å². The third-order valence-electron chi connectivity index (χ3n) is 8.40. The molecule has 0 spiro atoms. The number of fused-ring (bicyclic) bond motifs is 1. The second-order valence-electron chi connectivity index (χ2n) is 11.8. The number of aromatic nitrogens is 2. The predicted octanol–water partition coefficient (Wildman–Crippen LogP) is 6.16. The van der Waals surface area contributed by atoms with E-state index in [9.17, 15) is 4.79 Å². The van der Waals surface area contributed by atoms with Crippen LogP contribution in [0.15, 0.2) is 60.1 Å². The van der Waals surface area contributed by atoms with Crippen LogP contribution in [0.5, 0.6) is 0 Å². The fourth-order valence-corrected chi connectivity index (χ4v) is 6.07. The molecule has 0 radical (unpaired) electrons. The largest absolute Gasteiger partial charge is 0.325 e. The molecule has 2 aliphatic carbocycles. The van der Waals surface area contributed by atoms with E-state index >= 15 is 4.39 Å². The van der Waals surface area contributed by atoms with E-state index in [1.54, 1.807) is 12.1 Å². The Balaban J connectivity index is 1.41. The lowest BCUT2D eigenvalue weighted by molar-refractivity contribution is -0.119. The van der Waals surface area contributed by atoms with Crippen LogP contribution >= 0.6 is 11.6 Å². The van der Waals surface area contributed by atoms with Gasteiger partial charge in [-0.2, -0.15) is 0 Å². The van der Waals surface area contributed by atoms with Crippen LogP contribution in [0.25, 0.3) is 6.20 Å². The fourth-order valence-electron chi connectivity index (χ4n) is 5.88. The zero-order chi connectivity index (χ0) is 28.2. The zero-order valence-corrected chi connectivity index (χ0v) is 24.4. The molecule has 3 aliphatic rings. The molecule has 1 aromatic heterocycles. The first-order valence-electron chi connectivity index (χ1n) is 14.6. The summed E-state index contributed by atoms with van der Waals surface area (Å²) in [6.07, 6.45) is 15.5. The summed E-state index contributed by atoms with van der Waals surface area (Å²) < 4.78 is 17.9. The van der Waals surface area contributed by atoms with E-state index in [4.69, 9.17) is 11.6 Å². The minimum atomic E-state index is -0.576. The molecule has 0 bridgehead atoms. The van der Waals surface area contributed by atoms with Crippen LogP contribution in [0, 0.1) is 23.7 Å². The maximum atomic E-state index is 15.8. The van der Waals surface area contributed by atoms with Crippen LogP contribution in [0.3, 0.4) is 0 Å². The molecule has 8 heteroatoms. The lowest BCUT2D eigenvalue weighted by atomic mass is 9.78. The molecule has 1 aliphatic heterocycles. The number of nitrogens with one attached hydrogen (secondary N) is 3. The van der Waals surface area contributed by atoms with Crippen LogP contribution in [-0.4, -0.2) is 41.1 Å². The van der Waals surface area contributed by atoms with Crippen LogP contribution in [0.4, 0.5) is 10.1 Å². The predicted molar refractivity (Wildman–Crippen MR) is 161 cm³/mol. The van der Waals surface area contributed by atoms with Crippen molar-refractivity contribution in [3.05, 3.63) is 76.6 Å². The normalized spacial score (nSPS) is 22.6. The van der Waals surface area contributed by atoms with Crippen molar-refractivity contribution in [3.63, 3.8) is 0 Å². The Hall–Kier alpha value is -2.74. The summed E-state index contributed by atoms with van der Waals surface area (Å²) in [5, 5.41) is 10.5. The molecule has 5 atom stereocenters. The highest BCUT2D eigenvalue weighted by molar-refractivity contribution is 6.30. The molecule has 1 fully saturated rings. The number of imidazole rings is 1. The van der Waals surface area contributed by atoms with E-state index < -0.39 is 6.04 Å². The van der Waals surface area contributed by atoms with Crippen LogP contribution in [0.2, 0.25) is 5.02 Å². The maximum absolute atomic E-state index is 15.8. The Bertz CT molecular complexity index is 1300. The van der Waals surface area contributed by atoms with E-state index in [0.717, 1.165) is 30.9 Å². The van der Waals surface area contributed by atoms with Gasteiger partial charge in [-0.15, -0.1) is 0 Å². The molecular formula is C32H41ClFN5O. The molecule has 40 heavy (non-hydrogen) atoms. The Morgan fingerprint density at radius 1 is 1.30 bits per heavy atom. The van der Waals surface area contributed by atoms with Gasteiger partial charge in [0.15, 0.2) is 0 Å². The Labute approximate surface area is 242 Å². The van der Waals surface area contributed by atoms with Crippen molar-refractivity contribution < 1.29 is 9.18 Å². The highest BCUT2D eigenvalue weighted by Gasteiger charge is 2.36. The summed E-state index contributed by atoms with van der Waals surface area (Å²) in [7, 11) is 1.96. The van der Waals surface area contributed by atoms with Gasteiger partial charge in [0.25, 0.3) is 0 Å². The van der Waals surface area contributed by atoms with E-state index in [1.165, 1.54) is 12.8 Å². The molecule has 2 heterocycles. The zero-order valence-electron chi connectivity index (χ0n) is 23.7. The topological polar surface area (TPSA) is 71.0 Å². The van der Waals surface area contributed by atoms with Gasteiger partial charge in [0.1, 0.15) is 11.7 Å². The summed E-state index contributed by atoms with van der Waals surface area (Å²) in [6, 6.07) is 6.88. The first-order valence-corrected chi connectivity index (χ1v) is 15.0. The number of rotatable bonds is 12. The SMILES string of the molecule is CNC1C=Cn2c(C[C@H](C)CC(C3=C(F)C(C)CC=C3)C(NCC3CC3)C(=O)Nc3cccc(Cl)c3)cnc2C1. The van der Waals surface area contributed by atoms with Crippen molar-refractivity contribution in [2.24, 2.45) is 23.7 Å². The van der Waals surface area contributed by atoms with Crippen LogP contribution < -0.4 is 16.0 Å². The molecule has 1 amide bonds. The number of carbonyl (C=O) groups excluding carboxylic acids is 1. The minimum Gasteiger partial charge on any atom is -0.325 e. The van der Waals surface area contributed by atoms with Crippen LogP contribution in [-0.2, 0) is 17.6 Å². The van der Waals surface area contributed by atoms with E-state index in [0.29, 0.717) is 35.0 Å². The smallest absolute Gasteiger partial charge is 0.242 e. The Morgan fingerprint density at radius 2 is 2.12 bits per heavy atom. The third kappa shape index (κ3) is 6.93. The Kier molecular flexibility index (Phi) is 9.24. The van der Waals surface area contributed by atoms with Gasteiger partial charge in [-0.25, -0.2) is 9.37 Å². The second kappa shape index (κ2) is 12.8. The van der Waals surface area contributed by atoms with Gasteiger partial charge in [-0.1, -0.05) is 49.7 Å². The number of amides is 1. The van der Waals surface area contributed by atoms with E-state index in [1.807, 2.05) is 44.5 Å². The molecule has 1 aromatic carbocycles. The molecule has 4 unspecified atom stereocenters. The van der Waals surface area contributed by atoms with E-state index in [2.05, 4.69) is 44.7 Å². The first-order chi connectivity index (χ1) is 19.3. The summed E-state index contributed by atoms with van der Waals surface area (Å²) in [5.41, 5.74) is 2.43. The number of benzene rings is 1.